The maximum absolute atomic E-state index is 13.8. The molecule has 176 valence electrons. The zero-order valence-corrected chi connectivity index (χ0v) is 20.2. The molecule has 1 aliphatic rings. The monoisotopic (exact) mass is 512 g/mol. The molecule has 4 rings (SSSR count). The predicted molar refractivity (Wildman–Crippen MR) is 129 cm³/mol. The number of amides is 2. The van der Waals surface area contributed by atoms with Crippen molar-refractivity contribution in [2.75, 3.05) is 44.7 Å². The van der Waals surface area contributed by atoms with Crippen molar-refractivity contribution in [1.29, 1.82) is 0 Å². The third-order valence-corrected chi connectivity index (χ3v) is 6.84. The van der Waals surface area contributed by atoms with Crippen LogP contribution in [0.4, 0.5) is 14.3 Å². The zero-order chi connectivity index (χ0) is 23.4. The molecule has 1 fully saturated rings. The smallest absolute Gasteiger partial charge is 0.321 e. The van der Waals surface area contributed by atoms with Crippen LogP contribution >= 0.6 is 34.5 Å². The van der Waals surface area contributed by atoms with Gasteiger partial charge in [0.05, 0.1) is 28.5 Å². The summed E-state index contributed by atoms with van der Waals surface area (Å²) in [7, 11) is 0. The quantitative estimate of drug-likeness (QED) is 0.418. The molecule has 2 amide bonds. The fourth-order valence-electron chi connectivity index (χ4n) is 3.50. The minimum atomic E-state index is -0.569. The van der Waals surface area contributed by atoms with E-state index >= 15 is 0 Å². The lowest BCUT2D eigenvalue weighted by Crippen LogP contribution is -2.42. The number of nitrogens with one attached hydrogen (secondary N) is 2. The summed E-state index contributed by atoms with van der Waals surface area (Å²) in [4.78, 5) is 18.9. The maximum Gasteiger partial charge on any atom is 0.321 e. The summed E-state index contributed by atoms with van der Waals surface area (Å²) in [5.74, 6) is -0.0000735. The van der Waals surface area contributed by atoms with E-state index in [2.05, 4.69) is 20.5 Å². The van der Waals surface area contributed by atoms with Gasteiger partial charge in [0.15, 0.2) is 5.13 Å². The van der Waals surface area contributed by atoms with E-state index in [1.807, 2.05) is 6.07 Å². The van der Waals surface area contributed by atoms with E-state index in [1.54, 1.807) is 19.1 Å². The van der Waals surface area contributed by atoms with Crippen molar-refractivity contribution in [2.24, 2.45) is 0 Å². The second-order valence-electron chi connectivity index (χ2n) is 7.50. The van der Waals surface area contributed by atoms with Crippen LogP contribution in [0.25, 0.3) is 10.2 Å². The van der Waals surface area contributed by atoms with Crippen LogP contribution in [0.3, 0.4) is 0 Å². The van der Waals surface area contributed by atoms with Gasteiger partial charge in [0.25, 0.3) is 0 Å². The Kier molecular flexibility index (Phi) is 7.87. The molecule has 0 aliphatic carbocycles. The number of morpholine rings is 1. The SMILES string of the molecule is C[C@@H](Oc1ccc2nc(NC(=O)NCCN3CCOCC3)sc2c1)c1c(Cl)ccc(F)c1Cl. The molecule has 1 aliphatic heterocycles. The Morgan fingerprint density at radius 1 is 1.30 bits per heavy atom. The summed E-state index contributed by atoms with van der Waals surface area (Å²) >= 11 is 13.6. The Labute approximate surface area is 204 Å². The molecule has 0 spiro atoms. The molecule has 1 saturated heterocycles. The molecule has 3 aromatic rings. The van der Waals surface area contributed by atoms with Crippen molar-refractivity contribution in [1.82, 2.24) is 15.2 Å². The van der Waals surface area contributed by atoms with Crippen molar-refractivity contribution < 1.29 is 18.7 Å². The van der Waals surface area contributed by atoms with Gasteiger partial charge in [-0.3, -0.25) is 10.2 Å². The molecule has 1 aromatic heterocycles. The van der Waals surface area contributed by atoms with E-state index in [1.165, 1.54) is 23.5 Å². The van der Waals surface area contributed by atoms with E-state index < -0.39 is 11.9 Å². The number of halogens is 3. The highest BCUT2D eigenvalue weighted by Gasteiger charge is 2.19. The number of aromatic nitrogens is 1. The van der Waals surface area contributed by atoms with E-state index in [-0.39, 0.29) is 11.1 Å². The van der Waals surface area contributed by atoms with Crippen LogP contribution in [0.2, 0.25) is 10.0 Å². The average molecular weight is 513 g/mol. The van der Waals surface area contributed by atoms with E-state index in [9.17, 15) is 9.18 Å². The van der Waals surface area contributed by atoms with Gasteiger partial charge in [-0.05, 0) is 37.3 Å². The molecule has 7 nitrogen and oxygen atoms in total. The standard InChI is InChI=1S/C22H23Cl2FN4O3S/c1-13(19-15(23)3-4-16(25)20(19)24)32-14-2-5-17-18(12-14)33-22(27-17)28-21(30)26-6-7-29-8-10-31-11-9-29/h2-5,12-13H,6-11H2,1H3,(H2,26,27,28,30)/t13-/m1/s1. The molecular weight excluding hydrogens is 490 g/mol. The number of benzene rings is 2. The molecule has 11 heteroatoms. The van der Waals surface area contributed by atoms with Crippen molar-refractivity contribution in [2.45, 2.75) is 13.0 Å². The summed E-state index contributed by atoms with van der Waals surface area (Å²) < 4.78 is 26.0. The number of carbonyl (C=O) groups excluding carboxylic acids is 1. The van der Waals surface area contributed by atoms with Crippen LogP contribution in [0.5, 0.6) is 5.75 Å². The normalized spacial score (nSPS) is 15.4. The summed E-state index contributed by atoms with van der Waals surface area (Å²) in [6.07, 6.45) is -0.569. The lowest BCUT2D eigenvalue weighted by atomic mass is 10.1. The molecule has 2 aromatic carbocycles. The van der Waals surface area contributed by atoms with Crippen molar-refractivity contribution in [3.05, 3.63) is 51.8 Å². The molecule has 1 atom stereocenters. The minimum absolute atomic E-state index is 0.0556. The van der Waals surface area contributed by atoms with Gasteiger partial charge >= 0.3 is 6.03 Å². The molecule has 2 N–H and O–H groups in total. The summed E-state index contributed by atoms with van der Waals surface area (Å²) in [6, 6.07) is 7.73. The molecule has 33 heavy (non-hydrogen) atoms. The lowest BCUT2D eigenvalue weighted by molar-refractivity contribution is 0.0388. The number of hydrogen-bond acceptors (Lipinski definition) is 6. The van der Waals surface area contributed by atoms with Crippen molar-refractivity contribution in [3.8, 4) is 5.75 Å². The highest BCUT2D eigenvalue weighted by molar-refractivity contribution is 7.22. The Bertz CT molecular complexity index is 1140. The first-order valence-corrected chi connectivity index (χ1v) is 12.0. The van der Waals surface area contributed by atoms with Crippen LogP contribution in [0.15, 0.2) is 30.3 Å². The van der Waals surface area contributed by atoms with Crippen LogP contribution in [0, 0.1) is 5.82 Å². The number of carbonyl (C=O) groups is 1. The summed E-state index contributed by atoms with van der Waals surface area (Å²) in [6.45, 7) is 6.27. The van der Waals surface area contributed by atoms with E-state index in [4.69, 9.17) is 32.7 Å². The van der Waals surface area contributed by atoms with Gasteiger partial charge in [0.1, 0.15) is 17.7 Å². The second-order valence-corrected chi connectivity index (χ2v) is 9.32. The third-order valence-electron chi connectivity index (χ3n) is 5.20. The number of urea groups is 1. The Hall–Kier alpha value is -2.17. The summed E-state index contributed by atoms with van der Waals surface area (Å²) in [5.41, 5.74) is 1.12. The van der Waals surface area contributed by atoms with Crippen LogP contribution in [0.1, 0.15) is 18.6 Å². The number of thiazole rings is 1. The van der Waals surface area contributed by atoms with Gasteiger partial charge in [-0.15, -0.1) is 0 Å². The second kappa shape index (κ2) is 10.8. The molecule has 0 unspecified atom stereocenters. The van der Waals surface area contributed by atoms with E-state index in [0.29, 0.717) is 28.0 Å². The van der Waals surface area contributed by atoms with Gasteiger partial charge in [0.2, 0.25) is 0 Å². The third kappa shape index (κ3) is 6.04. The molecule has 0 saturated carbocycles. The molecular formula is C22H23Cl2FN4O3S. The van der Waals surface area contributed by atoms with E-state index in [0.717, 1.165) is 43.1 Å². The highest BCUT2D eigenvalue weighted by Crippen LogP contribution is 2.36. The fourth-order valence-corrected chi connectivity index (χ4v) is 5.07. The van der Waals surface area contributed by atoms with Gasteiger partial charge in [-0.2, -0.15) is 0 Å². The zero-order valence-electron chi connectivity index (χ0n) is 17.9. The number of nitrogens with zero attached hydrogens (tertiary/aromatic N) is 2. The Morgan fingerprint density at radius 2 is 2.09 bits per heavy atom. The first-order chi connectivity index (χ1) is 15.9. The molecule has 0 radical (unpaired) electrons. The van der Waals surface area contributed by atoms with Crippen molar-refractivity contribution in [3.63, 3.8) is 0 Å². The Morgan fingerprint density at radius 3 is 2.88 bits per heavy atom. The van der Waals surface area contributed by atoms with Crippen LogP contribution in [-0.2, 0) is 4.74 Å². The first-order valence-electron chi connectivity index (χ1n) is 10.5. The number of ether oxygens (including phenoxy) is 2. The number of rotatable bonds is 7. The number of fused-ring (bicyclic) bond motifs is 1. The van der Waals surface area contributed by atoms with Crippen LogP contribution in [-0.4, -0.2) is 55.3 Å². The lowest BCUT2D eigenvalue weighted by Gasteiger charge is -2.26. The fraction of sp³-hybridized carbons (Fsp3) is 0.364. The largest absolute Gasteiger partial charge is 0.486 e. The number of anilines is 1. The van der Waals surface area contributed by atoms with Gasteiger partial charge in [-0.25, -0.2) is 14.2 Å². The number of hydrogen-bond donors (Lipinski definition) is 2. The minimum Gasteiger partial charge on any atom is -0.486 e. The Balaban J connectivity index is 1.36. The molecule has 0 bridgehead atoms. The molecule has 2 heterocycles. The maximum atomic E-state index is 13.8. The highest BCUT2D eigenvalue weighted by atomic mass is 35.5. The topological polar surface area (TPSA) is 75.7 Å². The predicted octanol–water partition coefficient (Wildman–Crippen LogP) is 5.34. The van der Waals surface area contributed by atoms with Gasteiger partial charge in [-0.1, -0.05) is 34.5 Å². The van der Waals surface area contributed by atoms with Gasteiger partial charge in [0, 0.05) is 36.8 Å². The summed E-state index contributed by atoms with van der Waals surface area (Å²) in [5, 5.41) is 6.38. The average Bonchev–Trinajstić information content (AvgIpc) is 3.18. The van der Waals surface area contributed by atoms with Crippen molar-refractivity contribution >= 4 is 55.9 Å². The first kappa shape index (κ1) is 24.0. The van der Waals surface area contributed by atoms with Gasteiger partial charge < -0.3 is 14.8 Å². The van der Waals surface area contributed by atoms with Crippen LogP contribution < -0.4 is 15.4 Å².